The molecule has 0 aromatic heterocycles. The van der Waals surface area contributed by atoms with Gasteiger partial charge >= 0.3 is 6.22 Å². The van der Waals surface area contributed by atoms with Gasteiger partial charge in [0.2, 0.25) is 0 Å². The zero-order valence-corrected chi connectivity index (χ0v) is 6.09. The first kappa shape index (κ1) is 9.36. The highest BCUT2D eigenvalue weighted by Gasteiger charge is 2.04. The van der Waals surface area contributed by atoms with Crippen LogP contribution in [0.5, 0.6) is 0 Å². The van der Waals surface area contributed by atoms with Crippen LogP contribution >= 0.6 is 0 Å². The molecular weight excluding hydrogens is 139 g/mol. The summed E-state index contributed by atoms with van der Waals surface area (Å²) in [6.07, 6.45) is -1.73. The number of halogens is 1. The predicted octanol–water partition coefficient (Wildman–Crippen LogP) is 1.38. The first-order valence-electron chi connectivity index (χ1n) is 2.98. The van der Waals surface area contributed by atoms with Crippen molar-refractivity contribution in [2.45, 2.75) is 6.92 Å². The summed E-state index contributed by atoms with van der Waals surface area (Å²) in [5.74, 6) is 0.0460. The summed E-state index contributed by atoms with van der Waals surface area (Å²) in [5, 5.41) is 0. The molecule has 1 atom stereocenters. The third-order valence-corrected chi connectivity index (χ3v) is 0.933. The van der Waals surface area contributed by atoms with Crippen LogP contribution < -0.4 is 0 Å². The monoisotopic (exact) mass is 150 g/mol. The summed E-state index contributed by atoms with van der Waals surface area (Å²) in [4.78, 5) is 9.62. The highest BCUT2D eigenvalue weighted by Crippen LogP contribution is 1.96. The number of methoxy groups -OCH3 is 1. The van der Waals surface area contributed by atoms with Gasteiger partial charge in [-0.2, -0.15) is 0 Å². The predicted molar refractivity (Wildman–Crippen MR) is 33.5 cm³/mol. The maximum atomic E-state index is 11.4. The number of hydrogen-bond acceptors (Lipinski definition) is 3. The van der Waals surface area contributed by atoms with E-state index in [-0.39, 0.29) is 12.5 Å². The molecule has 0 amide bonds. The van der Waals surface area contributed by atoms with Gasteiger partial charge in [0.25, 0.3) is 0 Å². The van der Waals surface area contributed by atoms with Gasteiger partial charge in [0.1, 0.15) is 0 Å². The van der Waals surface area contributed by atoms with Gasteiger partial charge in [0.15, 0.2) is 0 Å². The number of carbonyl (C=O) groups is 1. The molecule has 0 aliphatic carbocycles. The van der Waals surface area contributed by atoms with Crippen molar-refractivity contribution in [3.05, 3.63) is 0 Å². The van der Waals surface area contributed by atoms with Crippen molar-refractivity contribution in [2.24, 2.45) is 5.92 Å². The molecule has 1 unspecified atom stereocenters. The number of hydrogen-bond donors (Lipinski definition) is 0. The molecule has 0 radical (unpaired) electrons. The van der Waals surface area contributed by atoms with Crippen LogP contribution in [-0.4, -0.2) is 26.5 Å². The Balaban J connectivity index is 3.21. The molecule has 0 aromatic carbocycles. The third-order valence-electron chi connectivity index (χ3n) is 0.933. The summed E-state index contributed by atoms with van der Waals surface area (Å²) in [7, 11) is 1.54. The van der Waals surface area contributed by atoms with Crippen LogP contribution in [0.2, 0.25) is 0 Å². The van der Waals surface area contributed by atoms with Gasteiger partial charge in [0, 0.05) is 13.0 Å². The maximum absolute atomic E-state index is 11.4. The van der Waals surface area contributed by atoms with Crippen LogP contribution in [0.3, 0.4) is 0 Å². The Bertz CT molecular complexity index is 105. The Morgan fingerprint density at radius 2 is 2.20 bits per heavy atom. The lowest BCUT2D eigenvalue weighted by atomic mass is 10.2. The van der Waals surface area contributed by atoms with Gasteiger partial charge in [0.05, 0.1) is 13.2 Å². The second kappa shape index (κ2) is 5.17. The van der Waals surface area contributed by atoms with E-state index in [2.05, 4.69) is 4.74 Å². The van der Waals surface area contributed by atoms with Gasteiger partial charge < -0.3 is 9.47 Å². The van der Waals surface area contributed by atoms with E-state index in [0.717, 1.165) is 0 Å². The van der Waals surface area contributed by atoms with E-state index < -0.39 is 6.22 Å². The molecule has 0 bridgehead atoms. The van der Waals surface area contributed by atoms with Crippen molar-refractivity contribution >= 4 is 6.22 Å². The van der Waals surface area contributed by atoms with Crippen LogP contribution in [0.4, 0.5) is 9.18 Å². The Hall–Kier alpha value is -0.640. The topological polar surface area (TPSA) is 35.5 Å². The minimum absolute atomic E-state index is 0.0460. The molecular formula is C6H11FO3. The average Bonchev–Trinajstić information content (AvgIpc) is 1.85. The Labute approximate surface area is 59.1 Å². The van der Waals surface area contributed by atoms with E-state index in [1.807, 2.05) is 0 Å². The zero-order valence-electron chi connectivity index (χ0n) is 6.09. The summed E-state index contributed by atoms with van der Waals surface area (Å²) in [6.45, 7) is 2.34. The molecule has 0 aliphatic rings. The van der Waals surface area contributed by atoms with Crippen LogP contribution in [0.25, 0.3) is 0 Å². The van der Waals surface area contributed by atoms with Gasteiger partial charge in [-0.1, -0.05) is 6.92 Å². The fourth-order valence-corrected chi connectivity index (χ4v) is 0.540. The molecule has 0 fully saturated rings. The van der Waals surface area contributed by atoms with E-state index in [4.69, 9.17) is 4.74 Å². The second-order valence-corrected chi connectivity index (χ2v) is 2.11. The molecule has 0 saturated carbocycles. The molecule has 4 heteroatoms. The molecule has 10 heavy (non-hydrogen) atoms. The lowest BCUT2D eigenvalue weighted by molar-refractivity contribution is 0.0779. The second-order valence-electron chi connectivity index (χ2n) is 2.11. The minimum Gasteiger partial charge on any atom is -0.440 e. The Morgan fingerprint density at radius 3 is 2.60 bits per heavy atom. The Kier molecular flexibility index (Phi) is 4.84. The maximum Gasteiger partial charge on any atom is 0.495 e. The van der Waals surface area contributed by atoms with Crippen molar-refractivity contribution in [3.63, 3.8) is 0 Å². The fraction of sp³-hybridized carbons (Fsp3) is 0.833. The van der Waals surface area contributed by atoms with Gasteiger partial charge in [-0.3, -0.25) is 0 Å². The normalized spacial score (nSPS) is 12.7. The van der Waals surface area contributed by atoms with Crippen LogP contribution in [0.15, 0.2) is 0 Å². The summed E-state index contributed by atoms with van der Waals surface area (Å²) in [5.41, 5.74) is 0. The molecule has 0 heterocycles. The van der Waals surface area contributed by atoms with E-state index in [0.29, 0.717) is 6.61 Å². The quantitative estimate of drug-likeness (QED) is 0.568. The fourth-order valence-electron chi connectivity index (χ4n) is 0.540. The lowest BCUT2D eigenvalue weighted by Gasteiger charge is -2.07. The SMILES string of the molecule is COCC(C)COC(=O)F. The van der Waals surface area contributed by atoms with Crippen LogP contribution in [0, 0.1) is 5.92 Å². The van der Waals surface area contributed by atoms with E-state index in [1.54, 1.807) is 6.92 Å². The molecule has 0 aromatic rings. The van der Waals surface area contributed by atoms with E-state index >= 15 is 0 Å². The Morgan fingerprint density at radius 1 is 1.60 bits per heavy atom. The van der Waals surface area contributed by atoms with Gasteiger partial charge in [-0.25, -0.2) is 4.79 Å². The van der Waals surface area contributed by atoms with Crippen LogP contribution in [0.1, 0.15) is 6.92 Å². The smallest absolute Gasteiger partial charge is 0.440 e. The van der Waals surface area contributed by atoms with Crippen LogP contribution in [-0.2, 0) is 9.47 Å². The molecule has 0 rings (SSSR count). The average molecular weight is 150 g/mol. The highest BCUT2D eigenvalue weighted by molar-refractivity contribution is 5.57. The summed E-state index contributed by atoms with van der Waals surface area (Å²) < 4.78 is 20.2. The third kappa shape index (κ3) is 5.50. The minimum atomic E-state index is -1.73. The first-order chi connectivity index (χ1) is 4.66. The number of rotatable bonds is 4. The van der Waals surface area contributed by atoms with Crippen molar-refractivity contribution in [1.82, 2.24) is 0 Å². The van der Waals surface area contributed by atoms with E-state index in [1.165, 1.54) is 7.11 Å². The number of ether oxygens (including phenoxy) is 2. The van der Waals surface area contributed by atoms with Crippen molar-refractivity contribution in [2.75, 3.05) is 20.3 Å². The first-order valence-corrected chi connectivity index (χ1v) is 2.98. The molecule has 0 N–H and O–H groups in total. The van der Waals surface area contributed by atoms with Crippen molar-refractivity contribution < 1.29 is 18.7 Å². The standard InChI is InChI=1S/C6H11FO3/c1-5(3-9-2)4-10-6(7)8/h5H,3-4H2,1-2H3. The highest BCUT2D eigenvalue weighted by atomic mass is 19.1. The largest absolute Gasteiger partial charge is 0.495 e. The zero-order chi connectivity index (χ0) is 7.98. The molecule has 0 aliphatic heterocycles. The van der Waals surface area contributed by atoms with E-state index in [9.17, 15) is 9.18 Å². The summed E-state index contributed by atoms with van der Waals surface area (Å²) >= 11 is 0. The van der Waals surface area contributed by atoms with Crippen molar-refractivity contribution in [1.29, 1.82) is 0 Å². The molecule has 0 saturated heterocycles. The van der Waals surface area contributed by atoms with Crippen molar-refractivity contribution in [3.8, 4) is 0 Å². The van der Waals surface area contributed by atoms with Gasteiger partial charge in [-0.05, 0) is 0 Å². The molecule has 3 nitrogen and oxygen atoms in total. The molecule has 0 spiro atoms. The summed E-state index contributed by atoms with van der Waals surface area (Å²) in [6, 6.07) is 0. The molecule has 60 valence electrons. The lowest BCUT2D eigenvalue weighted by Crippen LogP contribution is -2.12. The van der Waals surface area contributed by atoms with Gasteiger partial charge in [-0.15, -0.1) is 4.39 Å². The number of carbonyl (C=O) groups excluding carboxylic acids is 1.